The number of hydrogen-bond acceptors (Lipinski definition) is 5. The molecule has 2 aliphatic rings. The van der Waals surface area contributed by atoms with Gasteiger partial charge in [0, 0.05) is 33.2 Å². The Balaban J connectivity index is 1.80. The van der Waals surface area contributed by atoms with Crippen LogP contribution in [0.2, 0.25) is 0 Å². The number of nitrogens with zero attached hydrogens (tertiary/aromatic N) is 5. The van der Waals surface area contributed by atoms with Gasteiger partial charge in [-0.25, -0.2) is 0 Å². The molecule has 1 atom stereocenters. The Labute approximate surface area is 164 Å². The number of rotatable bonds is 2. The van der Waals surface area contributed by atoms with Gasteiger partial charge in [0.2, 0.25) is 5.91 Å². The molecule has 2 aliphatic heterocycles. The van der Waals surface area contributed by atoms with Crippen LogP contribution in [0.25, 0.3) is 0 Å². The fourth-order valence-corrected chi connectivity index (χ4v) is 4.03. The van der Waals surface area contributed by atoms with E-state index in [1.54, 1.807) is 16.6 Å². The molecule has 1 saturated heterocycles. The first kappa shape index (κ1) is 18.6. The Kier molecular flexibility index (Phi) is 4.68. The summed E-state index contributed by atoms with van der Waals surface area (Å²) in [6.07, 6.45) is 0. The average molecular weight is 382 g/mol. The number of carbonyl (C=O) groups excluding carboxylic acids is 2. The zero-order valence-electron chi connectivity index (χ0n) is 16.8. The van der Waals surface area contributed by atoms with E-state index in [-0.39, 0.29) is 17.9 Å². The van der Waals surface area contributed by atoms with Crippen LogP contribution in [0.4, 0.5) is 17.1 Å². The van der Waals surface area contributed by atoms with Crippen molar-refractivity contribution in [3.05, 3.63) is 35.7 Å². The summed E-state index contributed by atoms with van der Waals surface area (Å²) in [5, 5.41) is 7.34. The summed E-state index contributed by atoms with van der Waals surface area (Å²) in [6, 6.07) is 7.12. The standard InChI is InChI=1S/C20H26N6O2/c1-13-17-18(24(4)22-13)19(27)21-15-7-5-6-8-16(15)26(17)20(28)14(2)25-11-9-23(3)10-12-25/h5-8,14H,9-12H2,1-4H3,(H,21,27). The number of carbonyl (C=O) groups is 2. The third-order valence-corrected chi connectivity index (χ3v) is 5.69. The molecule has 148 valence electrons. The van der Waals surface area contributed by atoms with Crippen molar-refractivity contribution in [1.29, 1.82) is 0 Å². The van der Waals surface area contributed by atoms with Crippen molar-refractivity contribution >= 4 is 28.9 Å². The second-order valence-electron chi connectivity index (χ2n) is 7.57. The predicted octanol–water partition coefficient (Wildman–Crippen LogP) is 1.59. The van der Waals surface area contributed by atoms with Crippen molar-refractivity contribution in [2.45, 2.75) is 19.9 Å². The highest BCUT2D eigenvalue weighted by Crippen LogP contribution is 2.40. The van der Waals surface area contributed by atoms with Crippen LogP contribution in [0.5, 0.6) is 0 Å². The minimum Gasteiger partial charge on any atom is -0.319 e. The molecule has 28 heavy (non-hydrogen) atoms. The summed E-state index contributed by atoms with van der Waals surface area (Å²) in [7, 11) is 3.82. The molecule has 0 saturated carbocycles. The maximum Gasteiger partial charge on any atom is 0.276 e. The third kappa shape index (κ3) is 2.98. The van der Waals surface area contributed by atoms with Crippen LogP contribution in [0.1, 0.15) is 23.1 Å². The highest BCUT2D eigenvalue weighted by Gasteiger charge is 2.37. The molecule has 1 aromatic heterocycles. The van der Waals surface area contributed by atoms with Crippen LogP contribution in [-0.4, -0.2) is 70.7 Å². The van der Waals surface area contributed by atoms with Gasteiger partial charge in [0.1, 0.15) is 5.69 Å². The van der Waals surface area contributed by atoms with Gasteiger partial charge in [-0.2, -0.15) is 5.10 Å². The fourth-order valence-electron chi connectivity index (χ4n) is 4.03. The first-order valence-electron chi connectivity index (χ1n) is 9.59. The lowest BCUT2D eigenvalue weighted by molar-refractivity contribution is -0.123. The van der Waals surface area contributed by atoms with Crippen LogP contribution in [0.15, 0.2) is 24.3 Å². The molecule has 4 rings (SSSR count). The van der Waals surface area contributed by atoms with Gasteiger partial charge in [0.15, 0.2) is 5.69 Å². The number of nitrogens with one attached hydrogen (secondary N) is 1. The Bertz CT molecular complexity index is 929. The number of fused-ring (bicyclic) bond motifs is 2. The molecule has 8 nitrogen and oxygen atoms in total. The molecule has 8 heteroatoms. The van der Waals surface area contributed by atoms with Crippen LogP contribution in [0.3, 0.4) is 0 Å². The van der Waals surface area contributed by atoms with Gasteiger partial charge in [0.05, 0.1) is 23.1 Å². The summed E-state index contributed by atoms with van der Waals surface area (Å²) in [6.45, 7) is 7.34. The SMILES string of the molecule is Cc1nn(C)c2c1N(C(=O)C(C)N1CCN(C)CC1)c1ccccc1NC2=O. The molecule has 0 bridgehead atoms. The van der Waals surface area contributed by atoms with Crippen molar-refractivity contribution in [2.75, 3.05) is 43.4 Å². The van der Waals surface area contributed by atoms with Gasteiger partial charge >= 0.3 is 0 Å². The molecule has 1 unspecified atom stereocenters. The summed E-state index contributed by atoms with van der Waals surface area (Å²) < 4.78 is 1.55. The second-order valence-corrected chi connectivity index (χ2v) is 7.57. The van der Waals surface area contributed by atoms with Crippen molar-refractivity contribution in [3.63, 3.8) is 0 Å². The maximum absolute atomic E-state index is 13.7. The van der Waals surface area contributed by atoms with E-state index in [0.717, 1.165) is 26.2 Å². The summed E-state index contributed by atoms with van der Waals surface area (Å²) >= 11 is 0. The number of benzene rings is 1. The zero-order valence-corrected chi connectivity index (χ0v) is 16.8. The number of piperazine rings is 1. The van der Waals surface area contributed by atoms with Gasteiger partial charge in [0.25, 0.3) is 5.91 Å². The number of amides is 2. The Morgan fingerprint density at radius 3 is 2.54 bits per heavy atom. The normalized spacial score (nSPS) is 18.9. The minimum atomic E-state index is -0.303. The molecule has 1 fully saturated rings. The van der Waals surface area contributed by atoms with Crippen LogP contribution in [-0.2, 0) is 11.8 Å². The van der Waals surface area contributed by atoms with Crippen LogP contribution in [0, 0.1) is 6.92 Å². The molecule has 3 heterocycles. The molecular weight excluding hydrogens is 356 g/mol. The van der Waals surface area contributed by atoms with E-state index in [1.807, 2.05) is 38.1 Å². The lowest BCUT2D eigenvalue weighted by Gasteiger charge is -2.37. The Morgan fingerprint density at radius 1 is 1.14 bits per heavy atom. The van der Waals surface area contributed by atoms with E-state index in [1.165, 1.54) is 0 Å². The van der Waals surface area contributed by atoms with Gasteiger partial charge in [-0.05, 0) is 33.0 Å². The van der Waals surface area contributed by atoms with Gasteiger partial charge < -0.3 is 10.2 Å². The van der Waals surface area contributed by atoms with Crippen LogP contribution >= 0.6 is 0 Å². The van der Waals surface area contributed by atoms with E-state index in [4.69, 9.17) is 0 Å². The minimum absolute atomic E-state index is 0.0501. The van der Waals surface area contributed by atoms with Crippen molar-refractivity contribution < 1.29 is 9.59 Å². The predicted molar refractivity (Wildman–Crippen MR) is 108 cm³/mol. The smallest absolute Gasteiger partial charge is 0.276 e. The highest BCUT2D eigenvalue weighted by molar-refractivity contribution is 6.18. The van der Waals surface area contributed by atoms with E-state index in [0.29, 0.717) is 28.5 Å². The van der Waals surface area contributed by atoms with E-state index in [9.17, 15) is 9.59 Å². The first-order chi connectivity index (χ1) is 13.4. The van der Waals surface area contributed by atoms with Crippen molar-refractivity contribution in [2.24, 2.45) is 7.05 Å². The number of aryl methyl sites for hydroxylation is 2. The molecule has 2 amide bonds. The molecule has 1 aromatic carbocycles. The number of aromatic nitrogens is 2. The van der Waals surface area contributed by atoms with E-state index in [2.05, 4.69) is 27.3 Å². The average Bonchev–Trinajstić information content (AvgIpc) is 2.89. The maximum atomic E-state index is 13.7. The van der Waals surface area contributed by atoms with E-state index >= 15 is 0 Å². The number of anilines is 3. The number of para-hydroxylation sites is 2. The van der Waals surface area contributed by atoms with Gasteiger partial charge in [-0.1, -0.05) is 12.1 Å². The lowest BCUT2D eigenvalue weighted by Crippen LogP contribution is -2.53. The molecule has 2 aromatic rings. The molecule has 1 N–H and O–H groups in total. The Hall–Kier alpha value is -2.71. The Morgan fingerprint density at radius 2 is 1.82 bits per heavy atom. The molecule has 0 radical (unpaired) electrons. The van der Waals surface area contributed by atoms with Gasteiger partial charge in [-0.3, -0.25) is 24.1 Å². The van der Waals surface area contributed by atoms with Crippen LogP contribution < -0.4 is 10.2 Å². The molecular formula is C20H26N6O2. The molecule has 0 spiro atoms. The quantitative estimate of drug-likeness (QED) is 0.854. The van der Waals surface area contributed by atoms with Crippen molar-refractivity contribution in [3.8, 4) is 0 Å². The second kappa shape index (κ2) is 7.03. The van der Waals surface area contributed by atoms with Gasteiger partial charge in [-0.15, -0.1) is 0 Å². The first-order valence-corrected chi connectivity index (χ1v) is 9.59. The molecule has 0 aliphatic carbocycles. The largest absolute Gasteiger partial charge is 0.319 e. The van der Waals surface area contributed by atoms with Crippen molar-refractivity contribution in [1.82, 2.24) is 19.6 Å². The fraction of sp³-hybridized carbons (Fsp3) is 0.450. The monoisotopic (exact) mass is 382 g/mol. The summed E-state index contributed by atoms with van der Waals surface area (Å²) in [5.41, 5.74) is 2.92. The van der Waals surface area contributed by atoms with E-state index < -0.39 is 0 Å². The summed E-state index contributed by atoms with van der Waals surface area (Å²) in [4.78, 5) is 32.7. The highest BCUT2D eigenvalue weighted by atomic mass is 16.2. The number of hydrogen-bond donors (Lipinski definition) is 1. The lowest BCUT2D eigenvalue weighted by atomic mass is 10.1. The summed E-state index contributed by atoms with van der Waals surface area (Å²) in [5.74, 6) is -0.307. The number of likely N-dealkylation sites (N-methyl/N-ethyl adjacent to an activating group) is 1. The topological polar surface area (TPSA) is 73.7 Å². The third-order valence-electron chi connectivity index (χ3n) is 5.69. The zero-order chi connectivity index (χ0) is 20.0.